The van der Waals surface area contributed by atoms with E-state index in [-0.39, 0.29) is 22.1 Å². The van der Waals surface area contributed by atoms with Gasteiger partial charge in [0.25, 0.3) is 5.69 Å². The summed E-state index contributed by atoms with van der Waals surface area (Å²) in [5.41, 5.74) is -0.273. The predicted octanol–water partition coefficient (Wildman–Crippen LogP) is 2.98. The number of hydrogen-bond acceptors (Lipinski definition) is 6. The summed E-state index contributed by atoms with van der Waals surface area (Å²) in [6, 6.07) is 9.68. The van der Waals surface area contributed by atoms with E-state index in [4.69, 9.17) is 8.92 Å². The van der Waals surface area contributed by atoms with Crippen LogP contribution >= 0.6 is 22.6 Å². The Kier molecular flexibility index (Phi) is 4.86. The van der Waals surface area contributed by atoms with Crippen molar-refractivity contribution in [3.8, 4) is 11.5 Å². The van der Waals surface area contributed by atoms with Crippen LogP contribution in [0, 0.1) is 13.7 Å². The molecule has 0 aromatic heterocycles. The van der Waals surface area contributed by atoms with Gasteiger partial charge in [0, 0.05) is 9.64 Å². The predicted molar refractivity (Wildman–Crippen MR) is 86.6 cm³/mol. The molecular formula is C13H10INO6S. The van der Waals surface area contributed by atoms with Crippen LogP contribution in [0.2, 0.25) is 0 Å². The second-order valence-electron chi connectivity index (χ2n) is 4.09. The second-order valence-corrected chi connectivity index (χ2v) is 6.85. The van der Waals surface area contributed by atoms with Gasteiger partial charge in [-0.2, -0.15) is 8.42 Å². The average Bonchev–Trinajstić information content (AvgIpc) is 2.46. The Morgan fingerprint density at radius 3 is 2.50 bits per heavy atom. The molecule has 2 aromatic rings. The summed E-state index contributed by atoms with van der Waals surface area (Å²) in [6.45, 7) is 0. The summed E-state index contributed by atoms with van der Waals surface area (Å²) in [5, 5.41) is 10.7. The van der Waals surface area contributed by atoms with Gasteiger partial charge in [0.15, 0.2) is 0 Å². The van der Waals surface area contributed by atoms with Crippen LogP contribution in [0.15, 0.2) is 47.4 Å². The van der Waals surface area contributed by atoms with Gasteiger partial charge >= 0.3 is 10.1 Å². The van der Waals surface area contributed by atoms with Crippen molar-refractivity contribution >= 4 is 38.4 Å². The first-order valence-electron chi connectivity index (χ1n) is 5.86. The molecule has 7 nitrogen and oxygen atoms in total. The fourth-order valence-corrected chi connectivity index (χ4v) is 3.25. The lowest BCUT2D eigenvalue weighted by molar-refractivity contribution is -0.385. The van der Waals surface area contributed by atoms with E-state index in [9.17, 15) is 18.5 Å². The molecule has 0 saturated heterocycles. The second kappa shape index (κ2) is 6.48. The number of methoxy groups -OCH3 is 1. The van der Waals surface area contributed by atoms with Gasteiger partial charge in [-0.25, -0.2) is 0 Å². The van der Waals surface area contributed by atoms with Gasteiger partial charge in [0.2, 0.25) is 0 Å². The smallest absolute Gasteiger partial charge is 0.342 e. The molecule has 2 aromatic carbocycles. The average molecular weight is 435 g/mol. The third-order valence-electron chi connectivity index (χ3n) is 2.63. The Labute approximate surface area is 140 Å². The first-order valence-corrected chi connectivity index (χ1v) is 8.34. The van der Waals surface area contributed by atoms with Gasteiger partial charge in [-0.05, 0) is 46.9 Å². The summed E-state index contributed by atoms with van der Waals surface area (Å²) in [4.78, 5) is 9.81. The van der Waals surface area contributed by atoms with Crippen molar-refractivity contribution in [2.45, 2.75) is 4.90 Å². The van der Waals surface area contributed by atoms with Crippen molar-refractivity contribution in [1.82, 2.24) is 0 Å². The van der Waals surface area contributed by atoms with Gasteiger partial charge < -0.3 is 8.92 Å². The standard InChI is InChI=1S/C13H10INO6S/c1-20-12-8-10(15(16)17)5-6-13(12)22(18,19)21-11-4-2-3-9(14)7-11/h2-8H,1H3. The normalized spacial score (nSPS) is 11.0. The highest BCUT2D eigenvalue weighted by molar-refractivity contribution is 14.1. The fraction of sp³-hybridized carbons (Fsp3) is 0.0769. The van der Waals surface area contributed by atoms with E-state index in [0.717, 1.165) is 21.8 Å². The van der Waals surface area contributed by atoms with Crippen LogP contribution in [0.4, 0.5) is 5.69 Å². The molecule has 0 unspecified atom stereocenters. The Bertz CT molecular complexity index is 821. The summed E-state index contributed by atoms with van der Waals surface area (Å²) in [6.07, 6.45) is 0. The zero-order valence-electron chi connectivity index (χ0n) is 11.2. The molecule has 22 heavy (non-hydrogen) atoms. The van der Waals surface area contributed by atoms with E-state index in [1.165, 1.54) is 13.2 Å². The highest BCUT2D eigenvalue weighted by Gasteiger charge is 2.24. The molecule has 0 bridgehead atoms. The number of ether oxygens (including phenoxy) is 1. The quantitative estimate of drug-likeness (QED) is 0.310. The molecule has 0 aliphatic heterocycles. The van der Waals surface area contributed by atoms with Crippen LogP contribution in [0.5, 0.6) is 11.5 Å². The molecular weight excluding hydrogens is 425 g/mol. The first kappa shape index (κ1) is 16.5. The number of nitro benzene ring substituents is 1. The van der Waals surface area contributed by atoms with E-state index in [2.05, 4.69) is 0 Å². The highest BCUT2D eigenvalue weighted by atomic mass is 127. The number of benzene rings is 2. The minimum absolute atomic E-state index is 0.146. The lowest BCUT2D eigenvalue weighted by atomic mass is 10.3. The molecule has 2 rings (SSSR count). The monoisotopic (exact) mass is 435 g/mol. The maximum atomic E-state index is 12.3. The molecule has 0 atom stereocenters. The molecule has 0 heterocycles. The zero-order chi connectivity index (χ0) is 16.3. The van der Waals surface area contributed by atoms with Gasteiger partial charge in [0.1, 0.15) is 16.4 Å². The third kappa shape index (κ3) is 3.65. The topological polar surface area (TPSA) is 95.7 Å². The summed E-state index contributed by atoms with van der Waals surface area (Å²) < 4.78 is 35.4. The molecule has 0 fully saturated rings. The van der Waals surface area contributed by atoms with Crippen LogP contribution in [-0.2, 0) is 10.1 Å². The molecule has 116 valence electrons. The molecule has 0 aliphatic rings. The fourth-order valence-electron chi connectivity index (χ4n) is 1.67. The van der Waals surface area contributed by atoms with Crippen molar-refractivity contribution in [3.63, 3.8) is 0 Å². The molecule has 0 N–H and O–H groups in total. The van der Waals surface area contributed by atoms with E-state index in [1.54, 1.807) is 18.2 Å². The van der Waals surface area contributed by atoms with E-state index in [1.807, 2.05) is 22.6 Å². The molecule has 0 saturated carbocycles. The van der Waals surface area contributed by atoms with E-state index in [0.29, 0.717) is 0 Å². The molecule has 0 radical (unpaired) electrons. The van der Waals surface area contributed by atoms with Crippen molar-refractivity contribution in [3.05, 3.63) is 56.1 Å². The summed E-state index contributed by atoms with van der Waals surface area (Å²) in [7, 11) is -2.94. The van der Waals surface area contributed by atoms with Gasteiger partial charge in [-0.1, -0.05) is 6.07 Å². The molecule has 9 heteroatoms. The maximum absolute atomic E-state index is 12.3. The first-order chi connectivity index (χ1) is 10.3. The molecule has 0 amide bonds. The van der Waals surface area contributed by atoms with Crippen LogP contribution < -0.4 is 8.92 Å². The Morgan fingerprint density at radius 2 is 1.91 bits per heavy atom. The number of rotatable bonds is 5. The largest absolute Gasteiger partial charge is 0.495 e. The number of halogens is 1. The van der Waals surface area contributed by atoms with Crippen molar-refractivity contribution < 1.29 is 22.3 Å². The van der Waals surface area contributed by atoms with Crippen LogP contribution in [0.1, 0.15) is 0 Å². The SMILES string of the molecule is COc1cc([N+](=O)[O-])ccc1S(=O)(=O)Oc1cccc(I)c1. The summed E-state index contributed by atoms with van der Waals surface area (Å²) >= 11 is 2.02. The zero-order valence-corrected chi connectivity index (χ0v) is 14.2. The Morgan fingerprint density at radius 1 is 1.18 bits per heavy atom. The van der Waals surface area contributed by atoms with Gasteiger partial charge in [-0.3, -0.25) is 10.1 Å². The van der Waals surface area contributed by atoms with E-state index >= 15 is 0 Å². The minimum Gasteiger partial charge on any atom is -0.495 e. The van der Waals surface area contributed by atoms with Crippen LogP contribution in [0.3, 0.4) is 0 Å². The minimum atomic E-state index is -4.17. The summed E-state index contributed by atoms with van der Waals surface area (Å²) in [5.74, 6) is -0.00728. The number of hydrogen-bond donors (Lipinski definition) is 0. The lowest BCUT2D eigenvalue weighted by Crippen LogP contribution is -2.11. The number of nitrogens with zero attached hydrogens (tertiary/aromatic N) is 1. The van der Waals surface area contributed by atoms with Gasteiger partial charge in [-0.15, -0.1) is 0 Å². The van der Waals surface area contributed by atoms with Crippen molar-refractivity contribution in [2.24, 2.45) is 0 Å². The lowest BCUT2D eigenvalue weighted by Gasteiger charge is -2.10. The van der Waals surface area contributed by atoms with Crippen LogP contribution in [0.25, 0.3) is 0 Å². The van der Waals surface area contributed by atoms with Gasteiger partial charge in [0.05, 0.1) is 18.1 Å². The number of nitro groups is 1. The van der Waals surface area contributed by atoms with Crippen molar-refractivity contribution in [2.75, 3.05) is 7.11 Å². The number of non-ortho nitro benzene ring substituents is 1. The Balaban J connectivity index is 2.43. The molecule has 0 spiro atoms. The highest BCUT2D eigenvalue weighted by Crippen LogP contribution is 2.30. The maximum Gasteiger partial charge on any atom is 0.342 e. The Hall–Kier alpha value is -1.88. The molecule has 0 aliphatic carbocycles. The van der Waals surface area contributed by atoms with E-state index < -0.39 is 15.0 Å². The third-order valence-corrected chi connectivity index (χ3v) is 4.59. The van der Waals surface area contributed by atoms with Crippen molar-refractivity contribution in [1.29, 1.82) is 0 Å². The van der Waals surface area contributed by atoms with Crippen LogP contribution in [-0.4, -0.2) is 20.5 Å².